The van der Waals surface area contributed by atoms with E-state index in [-0.39, 0.29) is 23.4 Å². The molecule has 42 heavy (non-hydrogen) atoms. The number of hydrogen-bond acceptors (Lipinski definition) is 3. The Bertz CT molecular complexity index is 1490. The van der Waals surface area contributed by atoms with Gasteiger partial charge in [0, 0.05) is 22.8 Å². The molecule has 0 radical (unpaired) electrons. The Hall–Kier alpha value is -2.64. The number of anilines is 1. The maximum absolute atomic E-state index is 14.2. The van der Waals surface area contributed by atoms with Crippen LogP contribution in [0.15, 0.2) is 72.7 Å². The molecule has 0 saturated carbocycles. The fraction of sp³-hybridized carbons (Fsp3) is 0.323. The van der Waals surface area contributed by atoms with Crippen LogP contribution in [0, 0.1) is 5.82 Å². The van der Waals surface area contributed by atoms with Gasteiger partial charge < -0.3 is 15.5 Å². The second kappa shape index (κ2) is 12.5. The second-order valence-corrected chi connectivity index (χ2v) is 13.4. The van der Waals surface area contributed by atoms with Gasteiger partial charge in [0.15, 0.2) is 0 Å². The zero-order valence-corrected chi connectivity index (χ0v) is 25.1. The van der Waals surface area contributed by atoms with E-state index in [2.05, 4.69) is 22.1 Å². The van der Waals surface area contributed by atoms with Crippen molar-refractivity contribution in [1.29, 1.82) is 0 Å². The van der Waals surface area contributed by atoms with E-state index in [1.807, 2.05) is 0 Å². The normalized spacial score (nSPS) is 18.0. The molecule has 222 valence electrons. The second-order valence-electron chi connectivity index (χ2n) is 10.8. The zero-order valence-electron chi connectivity index (χ0n) is 22.6. The van der Waals surface area contributed by atoms with Gasteiger partial charge in [0.2, 0.25) is 5.91 Å². The smallest absolute Gasteiger partial charge is 0.356 e. The summed E-state index contributed by atoms with van der Waals surface area (Å²) in [7, 11) is 0.437. The lowest BCUT2D eigenvalue weighted by Crippen LogP contribution is -2.43. The first kappa shape index (κ1) is 30.8. The highest BCUT2D eigenvalue weighted by atomic mass is 35.5. The maximum atomic E-state index is 14.2. The number of piperidine rings is 1. The van der Waals surface area contributed by atoms with Gasteiger partial charge in [-0.3, -0.25) is 4.79 Å². The van der Waals surface area contributed by atoms with Gasteiger partial charge in [-0.25, -0.2) is 4.39 Å². The number of nitrogens with one attached hydrogen (secondary N) is 2. The van der Waals surface area contributed by atoms with Gasteiger partial charge in [0.25, 0.3) is 0 Å². The van der Waals surface area contributed by atoms with E-state index in [1.54, 1.807) is 36.4 Å². The van der Waals surface area contributed by atoms with Crippen LogP contribution in [0.4, 0.5) is 23.2 Å². The van der Waals surface area contributed by atoms with Crippen molar-refractivity contribution in [3.63, 3.8) is 0 Å². The summed E-state index contributed by atoms with van der Waals surface area (Å²) in [5.74, 6) is -1.15. The van der Waals surface area contributed by atoms with Crippen molar-refractivity contribution in [2.75, 3.05) is 25.0 Å². The van der Waals surface area contributed by atoms with Gasteiger partial charge in [-0.15, -0.1) is 0 Å². The standard InChI is InChI=1S/C31H30Cl2F4N3OP/c1-19-39-28-8-6-23(34)17-25(28)30(42-19)10-13-40(14-11-30)12-9-24(21-5-7-26(32)27(33)16-21)29(41)38-18-20-3-2-4-22(15-20)31(35,36)37/h2-8,15-17,24,39,42H,1,9-14,18H2,(H,38,41). The highest BCUT2D eigenvalue weighted by Gasteiger charge is 2.41. The van der Waals surface area contributed by atoms with Gasteiger partial charge in [-0.2, -0.15) is 13.2 Å². The maximum Gasteiger partial charge on any atom is 0.416 e. The largest absolute Gasteiger partial charge is 0.416 e. The number of rotatable bonds is 7. The monoisotopic (exact) mass is 637 g/mol. The SMILES string of the molecule is C=C1Nc2ccc(F)cc2C2(CCN(CCC(C(=O)NCc3cccc(C(F)(F)F)c3)c3ccc(Cl)c(Cl)c3)CC2)P1. The minimum Gasteiger partial charge on any atom is -0.356 e. The quantitative estimate of drug-likeness (QED) is 0.202. The van der Waals surface area contributed by atoms with Crippen molar-refractivity contribution >= 4 is 43.4 Å². The van der Waals surface area contributed by atoms with E-state index in [1.165, 1.54) is 12.1 Å². The number of amides is 1. The Morgan fingerprint density at radius 2 is 1.83 bits per heavy atom. The number of carbonyl (C=O) groups excluding carboxylic acids is 1. The summed E-state index contributed by atoms with van der Waals surface area (Å²) in [5, 5.41) is 6.64. The first-order chi connectivity index (χ1) is 19.9. The van der Waals surface area contributed by atoms with E-state index in [0.29, 0.717) is 42.7 Å². The number of benzene rings is 3. The van der Waals surface area contributed by atoms with Crippen molar-refractivity contribution < 1.29 is 22.4 Å². The van der Waals surface area contributed by atoms with Crippen LogP contribution in [0.3, 0.4) is 0 Å². The number of alkyl halides is 3. The molecule has 3 aromatic carbocycles. The van der Waals surface area contributed by atoms with E-state index < -0.39 is 17.7 Å². The Labute approximate surface area is 254 Å². The van der Waals surface area contributed by atoms with Crippen LogP contribution in [0.2, 0.25) is 10.0 Å². The van der Waals surface area contributed by atoms with Crippen molar-refractivity contribution in [3.8, 4) is 0 Å². The van der Waals surface area contributed by atoms with Crippen LogP contribution in [-0.2, 0) is 22.7 Å². The third-order valence-electron chi connectivity index (χ3n) is 8.00. The molecular weight excluding hydrogens is 608 g/mol. The van der Waals surface area contributed by atoms with Gasteiger partial charge in [0.1, 0.15) is 5.82 Å². The molecule has 3 aromatic rings. The summed E-state index contributed by atoms with van der Waals surface area (Å²) >= 11 is 12.4. The molecule has 2 aliphatic heterocycles. The molecule has 1 amide bonds. The molecule has 2 heterocycles. The molecule has 2 N–H and O–H groups in total. The third-order valence-corrected chi connectivity index (χ3v) is 10.4. The molecule has 1 saturated heterocycles. The lowest BCUT2D eigenvalue weighted by atomic mass is 9.86. The molecule has 4 nitrogen and oxygen atoms in total. The van der Waals surface area contributed by atoms with Crippen LogP contribution in [0.25, 0.3) is 0 Å². The van der Waals surface area contributed by atoms with Crippen LogP contribution in [0.5, 0.6) is 0 Å². The summed E-state index contributed by atoms with van der Waals surface area (Å²) in [4.78, 5) is 15.7. The first-order valence-electron chi connectivity index (χ1n) is 13.6. The fourth-order valence-electron chi connectivity index (χ4n) is 5.78. The van der Waals surface area contributed by atoms with Gasteiger partial charge in [0.05, 0.1) is 21.5 Å². The summed E-state index contributed by atoms with van der Waals surface area (Å²) in [6, 6.07) is 14.8. The molecule has 2 unspecified atom stereocenters. The molecule has 1 spiro atoms. The Morgan fingerprint density at radius 1 is 1.07 bits per heavy atom. The predicted molar refractivity (Wildman–Crippen MR) is 162 cm³/mol. The molecule has 2 aliphatic rings. The number of hydrogen-bond donors (Lipinski definition) is 2. The van der Waals surface area contributed by atoms with E-state index in [0.717, 1.165) is 54.8 Å². The zero-order chi connectivity index (χ0) is 30.1. The van der Waals surface area contributed by atoms with Gasteiger partial charge >= 0.3 is 6.18 Å². The molecule has 11 heteroatoms. The van der Waals surface area contributed by atoms with E-state index >= 15 is 0 Å². The summed E-state index contributed by atoms with van der Waals surface area (Å²) in [6.07, 6.45) is -2.32. The molecule has 2 atom stereocenters. The fourth-order valence-corrected chi connectivity index (χ4v) is 7.68. The summed E-state index contributed by atoms with van der Waals surface area (Å²) in [6.45, 7) is 6.29. The molecule has 0 aromatic heterocycles. The van der Waals surface area contributed by atoms with Crippen molar-refractivity contribution in [2.24, 2.45) is 0 Å². The first-order valence-corrected chi connectivity index (χ1v) is 15.3. The molecule has 0 bridgehead atoms. The number of fused-ring (bicyclic) bond motifs is 2. The number of likely N-dealkylation sites (tertiary alicyclic amines) is 1. The Balaban J connectivity index is 1.27. The van der Waals surface area contributed by atoms with E-state index in [9.17, 15) is 22.4 Å². The van der Waals surface area contributed by atoms with Gasteiger partial charge in [-0.1, -0.05) is 56.6 Å². The van der Waals surface area contributed by atoms with Crippen LogP contribution in [-0.4, -0.2) is 30.4 Å². The number of halogens is 6. The minimum absolute atomic E-state index is 0.0401. The van der Waals surface area contributed by atoms with Crippen molar-refractivity contribution in [1.82, 2.24) is 10.2 Å². The van der Waals surface area contributed by atoms with Crippen LogP contribution in [0.1, 0.15) is 47.4 Å². The highest BCUT2D eigenvalue weighted by Crippen LogP contribution is 2.58. The molecule has 5 rings (SSSR count). The summed E-state index contributed by atoms with van der Waals surface area (Å²) in [5.41, 5.74) is 3.12. The average Bonchev–Trinajstić information content (AvgIpc) is 2.95. The average molecular weight is 638 g/mol. The topological polar surface area (TPSA) is 44.4 Å². The molecule has 1 fully saturated rings. The number of carbonyl (C=O) groups is 1. The lowest BCUT2D eigenvalue weighted by Gasteiger charge is -2.46. The van der Waals surface area contributed by atoms with Gasteiger partial charge in [-0.05, 0) is 98.1 Å². The Morgan fingerprint density at radius 3 is 2.55 bits per heavy atom. The van der Waals surface area contributed by atoms with Crippen molar-refractivity contribution in [3.05, 3.63) is 111 Å². The predicted octanol–water partition coefficient (Wildman–Crippen LogP) is 8.51. The molecular formula is C31H30Cl2F4N3OP. The van der Waals surface area contributed by atoms with Crippen molar-refractivity contribution in [2.45, 2.75) is 43.1 Å². The lowest BCUT2D eigenvalue weighted by molar-refractivity contribution is -0.137. The van der Waals surface area contributed by atoms with Crippen LogP contribution >= 0.6 is 31.8 Å². The third kappa shape index (κ3) is 6.94. The van der Waals surface area contributed by atoms with E-state index in [4.69, 9.17) is 23.2 Å². The summed E-state index contributed by atoms with van der Waals surface area (Å²) < 4.78 is 53.6. The number of nitrogens with zero attached hydrogens (tertiary/aromatic N) is 1. The molecule has 0 aliphatic carbocycles. The Kier molecular flexibility index (Phi) is 9.19. The minimum atomic E-state index is -4.46. The van der Waals surface area contributed by atoms with Crippen LogP contribution < -0.4 is 10.6 Å². The highest BCUT2D eigenvalue weighted by molar-refractivity contribution is 7.44.